The standard InChI is InChI=1S/C12H17BrClN3/c1-2-3-16-4-6-17(7-5-16)12-11(14)8-10(13)9-15-12/h8-9H,2-7H2,1H3. The molecule has 3 nitrogen and oxygen atoms in total. The predicted octanol–water partition coefficient (Wildman–Crippen LogP) is 3.03. The monoisotopic (exact) mass is 317 g/mol. The third-order valence-corrected chi connectivity index (χ3v) is 3.71. The Bertz CT molecular complexity index is 378. The second-order valence-electron chi connectivity index (χ2n) is 4.29. The number of pyridine rings is 1. The molecule has 1 fully saturated rings. The summed E-state index contributed by atoms with van der Waals surface area (Å²) < 4.78 is 0.927. The Morgan fingerprint density at radius 1 is 1.35 bits per heavy atom. The lowest BCUT2D eigenvalue weighted by Crippen LogP contribution is -2.46. The summed E-state index contributed by atoms with van der Waals surface area (Å²) in [5, 5.41) is 0.725. The lowest BCUT2D eigenvalue weighted by molar-refractivity contribution is 0.258. The van der Waals surface area contributed by atoms with Crippen LogP contribution in [0.3, 0.4) is 0 Å². The van der Waals surface area contributed by atoms with Crippen molar-refractivity contribution in [1.82, 2.24) is 9.88 Å². The predicted molar refractivity (Wildman–Crippen MR) is 75.9 cm³/mol. The lowest BCUT2D eigenvalue weighted by atomic mass is 10.3. The van der Waals surface area contributed by atoms with Gasteiger partial charge in [0.05, 0.1) is 5.02 Å². The number of hydrogen-bond acceptors (Lipinski definition) is 3. The zero-order valence-electron chi connectivity index (χ0n) is 9.99. The van der Waals surface area contributed by atoms with Crippen LogP contribution in [0.25, 0.3) is 0 Å². The average molecular weight is 319 g/mol. The van der Waals surface area contributed by atoms with Gasteiger partial charge in [0.1, 0.15) is 5.82 Å². The topological polar surface area (TPSA) is 19.4 Å². The summed E-state index contributed by atoms with van der Waals surface area (Å²) in [7, 11) is 0. The molecule has 1 aromatic rings. The van der Waals surface area contributed by atoms with E-state index >= 15 is 0 Å². The van der Waals surface area contributed by atoms with E-state index in [9.17, 15) is 0 Å². The first-order valence-corrected chi connectivity index (χ1v) is 7.16. The molecule has 0 bridgehead atoms. The maximum Gasteiger partial charge on any atom is 0.147 e. The second kappa shape index (κ2) is 6.03. The van der Waals surface area contributed by atoms with Crippen molar-refractivity contribution in [3.05, 3.63) is 21.8 Å². The van der Waals surface area contributed by atoms with Gasteiger partial charge in [-0.1, -0.05) is 18.5 Å². The van der Waals surface area contributed by atoms with Crippen LogP contribution in [0.4, 0.5) is 5.82 Å². The van der Waals surface area contributed by atoms with Crippen molar-refractivity contribution in [2.75, 3.05) is 37.6 Å². The summed E-state index contributed by atoms with van der Waals surface area (Å²) in [6.07, 6.45) is 3.02. The third-order valence-electron chi connectivity index (χ3n) is 3.00. The number of aromatic nitrogens is 1. The van der Waals surface area contributed by atoms with Crippen LogP contribution in [-0.2, 0) is 0 Å². The molecule has 2 rings (SSSR count). The van der Waals surface area contributed by atoms with Gasteiger partial charge in [0.2, 0.25) is 0 Å². The molecule has 0 spiro atoms. The minimum Gasteiger partial charge on any atom is -0.353 e. The fourth-order valence-corrected chi connectivity index (χ4v) is 2.89. The van der Waals surface area contributed by atoms with E-state index in [-0.39, 0.29) is 0 Å². The largest absolute Gasteiger partial charge is 0.353 e. The number of halogens is 2. The summed E-state index contributed by atoms with van der Waals surface area (Å²) in [5.41, 5.74) is 0. The van der Waals surface area contributed by atoms with Gasteiger partial charge in [-0.15, -0.1) is 0 Å². The average Bonchev–Trinajstić information content (AvgIpc) is 2.31. The first-order chi connectivity index (χ1) is 8.20. The normalized spacial score (nSPS) is 17.5. The SMILES string of the molecule is CCCN1CCN(c2ncc(Br)cc2Cl)CC1. The minimum absolute atomic E-state index is 0.725. The molecule has 94 valence electrons. The van der Waals surface area contributed by atoms with Crippen LogP contribution >= 0.6 is 27.5 Å². The molecular weight excluding hydrogens is 302 g/mol. The summed E-state index contributed by atoms with van der Waals surface area (Å²) >= 11 is 9.59. The van der Waals surface area contributed by atoms with Gasteiger partial charge in [-0.2, -0.15) is 0 Å². The fourth-order valence-electron chi connectivity index (χ4n) is 2.14. The van der Waals surface area contributed by atoms with Crippen molar-refractivity contribution in [2.24, 2.45) is 0 Å². The van der Waals surface area contributed by atoms with Crippen molar-refractivity contribution in [2.45, 2.75) is 13.3 Å². The Morgan fingerprint density at radius 2 is 2.06 bits per heavy atom. The van der Waals surface area contributed by atoms with E-state index in [4.69, 9.17) is 11.6 Å². The number of piperazine rings is 1. The first kappa shape index (κ1) is 13.1. The molecular formula is C12H17BrClN3. The molecule has 0 saturated carbocycles. The lowest BCUT2D eigenvalue weighted by Gasteiger charge is -2.35. The van der Waals surface area contributed by atoms with Crippen molar-refractivity contribution in [3.8, 4) is 0 Å². The Balaban J connectivity index is 2.00. The molecule has 0 aliphatic carbocycles. The second-order valence-corrected chi connectivity index (χ2v) is 5.61. The van der Waals surface area contributed by atoms with E-state index in [1.54, 1.807) is 6.20 Å². The summed E-state index contributed by atoms with van der Waals surface area (Å²) in [4.78, 5) is 9.16. The number of nitrogens with zero attached hydrogens (tertiary/aromatic N) is 3. The van der Waals surface area contributed by atoms with Gasteiger partial charge in [-0.3, -0.25) is 4.90 Å². The highest BCUT2D eigenvalue weighted by molar-refractivity contribution is 9.10. The molecule has 0 atom stereocenters. The van der Waals surface area contributed by atoms with Crippen LogP contribution in [0.2, 0.25) is 5.02 Å². The highest BCUT2D eigenvalue weighted by atomic mass is 79.9. The molecule has 1 aliphatic rings. The van der Waals surface area contributed by atoms with Crippen LogP contribution < -0.4 is 4.90 Å². The minimum atomic E-state index is 0.725. The van der Waals surface area contributed by atoms with Gasteiger partial charge in [-0.05, 0) is 35.0 Å². The molecule has 0 aromatic carbocycles. The maximum atomic E-state index is 6.21. The van der Waals surface area contributed by atoms with Crippen LogP contribution in [-0.4, -0.2) is 42.6 Å². The van der Waals surface area contributed by atoms with Gasteiger partial charge in [0, 0.05) is 36.8 Å². The van der Waals surface area contributed by atoms with E-state index in [0.717, 1.165) is 41.5 Å². The fraction of sp³-hybridized carbons (Fsp3) is 0.583. The molecule has 2 heterocycles. The molecule has 17 heavy (non-hydrogen) atoms. The molecule has 1 aromatic heterocycles. The zero-order valence-corrected chi connectivity index (χ0v) is 12.3. The van der Waals surface area contributed by atoms with Gasteiger partial charge in [-0.25, -0.2) is 4.98 Å². The number of hydrogen-bond donors (Lipinski definition) is 0. The van der Waals surface area contributed by atoms with E-state index in [1.807, 2.05) is 6.07 Å². The molecule has 0 radical (unpaired) electrons. The van der Waals surface area contributed by atoms with Gasteiger partial charge >= 0.3 is 0 Å². The van der Waals surface area contributed by atoms with Crippen molar-refractivity contribution < 1.29 is 0 Å². The molecule has 0 amide bonds. The number of rotatable bonds is 3. The van der Waals surface area contributed by atoms with Crippen LogP contribution in [0.5, 0.6) is 0 Å². The molecule has 0 unspecified atom stereocenters. The molecule has 1 aliphatic heterocycles. The Kier molecular flexibility index (Phi) is 4.65. The maximum absolute atomic E-state index is 6.21. The summed E-state index contributed by atoms with van der Waals surface area (Å²) in [5.74, 6) is 0.908. The van der Waals surface area contributed by atoms with Crippen LogP contribution in [0.15, 0.2) is 16.7 Å². The molecule has 0 N–H and O–H groups in total. The summed E-state index contributed by atoms with van der Waals surface area (Å²) in [6, 6.07) is 1.91. The van der Waals surface area contributed by atoms with Crippen LogP contribution in [0.1, 0.15) is 13.3 Å². The van der Waals surface area contributed by atoms with Gasteiger partial charge < -0.3 is 4.90 Å². The Labute approximate surface area is 116 Å². The molecule has 1 saturated heterocycles. The highest BCUT2D eigenvalue weighted by Crippen LogP contribution is 2.26. The quantitative estimate of drug-likeness (QED) is 0.854. The first-order valence-electron chi connectivity index (χ1n) is 5.99. The third kappa shape index (κ3) is 3.33. The van der Waals surface area contributed by atoms with Gasteiger partial charge in [0.15, 0.2) is 0 Å². The van der Waals surface area contributed by atoms with Crippen molar-refractivity contribution in [1.29, 1.82) is 0 Å². The van der Waals surface area contributed by atoms with Gasteiger partial charge in [0.25, 0.3) is 0 Å². The van der Waals surface area contributed by atoms with Crippen molar-refractivity contribution >= 4 is 33.3 Å². The zero-order chi connectivity index (χ0) is 12.3. The Morgan fingerprint density at radius 3 is 2.65 bits per heavy atom. The Hall–Kier alpha value is -0.320. The van der Waals surface area contributed by atoms with E-state index in [1.165, 1.54) is 13.0 Å². The molecule has 5 heteroatoms. The summed E-state index contributed by atoms with van der Waals surface area (Å²) in [6.45, 7) is 7.63. The highest BCUT2D eigenvalue weighted by Gasteiger charge is 2.19. The van der Waals surface area contributed by atoms with Crippen molar-refractivity contribution in [3.63, 3.8) is 0 Å². The van der Waals surface area contributed by atoms with Crippen LogP contribution in [0, 0.1) is 0 Å². The number of anilines is 1. The smallest absolute Gasteiger partial charge is 0.147 e. The van der Waals surface area contributed by atoms with E-state index in [2.05, 4.69) is 37.6 Å². The van der Waals surface area contributed by atoms with E-state index < -0.39 is 0 Å². The van der Waals surface area contributed by atoms with E-state index in [0.29, 0.717) is 0 Å².